The van der Waals surface area contributed by atoms with E-state index in [1.165, 1.54) is 36.9 Å². The maximum Gasteiger partial charge on any atom is 0.106 e. The largest absolute Gasteiger partial charge is 0.135 e. The Morgan fingerprint density at radius 3 is 1.38 bits per heavy atom. The third-order valence-corrected chi connectivity index (χ3v) is 11.5. The molecule has 4 heteroatoms. The molecule has 0 saturated carbocycles. The lowest BCUT2D eigenvalue weighted by Crippen LogP contribution is -2.03. The van der Waals surface area contributed by atoms with Crippen molar-refractivity contribution in [3.63, 3.8) is 0 Å². The summed E-state index contributed by atoms with van der Waals surface area (Å²) in [7, 11) is 0. The molecule has 2 aromatic heterocycles. The fourth-order valence-electron chi connectivity index (χ4n) is 7.95. The van der Waals surface area contributed by atoms with Gasteiger partial charge in [0.25, 0.3) is 0 Å². The van der Waals surface area contributed by atoms with Gasteiger partial charge in [0, 0.05) is 36.9 Å². The molecule has 10 rings (SSSR count). The number of thiophene rings is 1. The molecule has 0 spiro atoms. The van der Waals surface area contributed by atoms with Crippen LogP contribution in [0, 0.1) is 0 Å². The molecule has 8 aromatic carbocycles. The summed E-state index contributed by atoms with van der Waals surface area (Å²) in [5, 5.41) is 16.8. The van der Waals surface area contributed by atoms with Crippen molar-refractivity contribution in [1.82, 2.24) is 15.4 Å². The molecule has 3 nitrogen and oxygen atoms in total. The Kier molecular flexibility index (Phi) is 8.36. The number of aromatic nitrogens is 3. The number of rotatable bonds is 7. The maximum absolute atomic E-state index is 5.08. The molecule has 0 aliphatic heterocycles. The van der Waals surface area contributed by atoms with Crippen LogP contribution in [-0.4, -0.2) is 15.4 Å². The Bertz CT molecular complexity index is 2970. The van der Waals surface area contributed by atoms with Gasteiger partial charge in [-0.25, -0.2) is 0 Å². The van der Waals surface area contributed by atoms with Gasteiger partial charge in [0.15, 0.2) is 0 Å². The summed E-state index contributed by atoms with van der Waals surface area (Å²) in [6.07, 6.45) is 0. The molecule has 2 heterocycles. The average molecular weight is 720 g/mol. The first kappa shape index (κ1) is 32.6. The van der Waals surface area contributed by atoms with Crippen LogP contribution in [0.15, 0.2) is 200 Å². The van der Waals surface area contributed by atoms with Crippen molar-refractivity contribution >= 4 is 31.5 Å². The van der Waals surface area contributed by atoms with E-state index in [4.69, 9.17) is 10.2 Å². The molecule has 10 aromatic rings. The van der Waals surface area contributed by atoms with Crippen LogP contribution in [0.3, 0.4) is 0 Å². The first-order valence-corrected chi connectivity index (χ1v) is 19.3. The van der Waals surface area contributed by atoms with E-state index in [0.29, 0.717) is 0 Å². The van der Waals surface area contributed by atoms with Crippen LogP contribution in [-0.2, 0) is 0 Å². The lowest BCUT2D eigenvalue weighted by molar-refractivity contribution is 0.879. The zero-order valence-electron chi connectivity index (χ0n) is 29.8. The van der Waals surface area contributed by atoms with Gasteiger partial charge in [0.2, 0.25) is 0 Å². The molecule has 0 amide bonds. The molecule has 0 aliphatic rings. The second-order valence-corrected chi connectivity index (χ2v) is 14.6. The number of hydrogen-bond acceptors (Lipinski definition) is 4. The van der Waals surface area contributed by atoms with E-state index in [1.807, 2.05) is 17.4 Å². The topological polar surface area (TPSA) is 38.7 Å². The standard InChI is InChI=1S/C51H33N3S/c1-4-18-34(19-5-1)37-24-10-12-26-39(37)40-27-13-14-28-41(40)43-32-33-46-47(44-30-16-17-31-45(44)55-46)48(43)51-49(50(52-54-53-51)36-22-8-3-9-23-36)42-29-15-11-25-38(42)35-20-6-2-7-21-35/h1-33H. The van der Waals surface area contributed by atoms with Gasteiger partial charge >= 0.3 is 0 Å². The van der Waals surface area contributed by atoms with E-state index in [1.54, 1.807) is 0 Å². The van der Waals surface area contributed by atoms with Gasteiger partial charge in [-0.3, -0.25) is 0 Å². The number of hydrogen-bond donors (Lipinski definition) is 0. The van der Waals surface area contributed by atoms with Crippen molar-refractivity contribution in [2.75, 3.05) is 0 Å². The minimum absolute atomic E-state index is 0.791. The number of nitrogens with zero attached hydrogens (tertiary/aromatic N) is 3. The third kappa shape index (κ3) is 5.81. The predicted octanol–water partition coefficient (Wildman–Crippen LogP) is 13.9. The SMILES string of the molecule is c1ccc(-c2ccccc2-c2ccccc2-c2ccc3sc4ccccc4c3c2-c2nnnc(-c3ccccc3)c2-c2ccccc2-c2ccccc2)cc1. The minimum Gasteiger partial charge on any atom is -0.135 e. The van der Waals surface area contributed by atoms with Crippen molar-refractivity contribution in [3.8, 4) is 78.1 Å². The zero-order valence-corrected chi connectivity index (χ0v) is 30.6. The molecule has 0 atom stereocenters. The highest BCUT2D eigenvalue weighted by molar-refractivity contribution is 7.26. The predicted molar refractivity (Wildman–Crippen MR) is 231 cm³/mol. The summed E-state index contributed by atoms with van der Waals surface area (Å²) in [6.45, 7) is 0. The molecular weight excluding hydrogens is 687 g/mol. The van der Waals surface area contributed by atoms with Gasteiger partial charge < -0.3 is 0 Å². The highest BCUT2D eigenvalue weighted by Crippen LogP contribution is 2.51. The fourth-order valence-corrected chi connectivity index (χ4v) is 9.06. The molecule has 0 fully saturated rings. The Hall–Kier alpha value is -7.01. The molecular formula is C51H33N3S. The Morgan fingerprint density at radius 2 is 0.745 bits per heavy atom. The van der Waals surface area contributed by atoms with Crippen LogP contribution in [0.5, 0.6) is 0 Å². The van der Waals surface area contributed by atoms with Gasteiger partial charge in [-0.1, -0.05) is 188 Å². The van der Waals surface area contributed by atoms with Crippen LogP contribution in [0.25, 0.3) is 98.3 Å². The molecule has 0 N–H and O–H groups in total. The smallest absolute Gasteiger partial charge is 0.106 e. The second-order valence-electron chi connectivity index (χ2n) is 13.6. The quantitative estimate of drug-likeness (QED) is 0.165. The number of benzene rings is 8. The number of fused-ring (bicyclic) bond motifs is 3. The lowest BCUT2D eigenvalue weighted by Gasteiger charge is -2.21. The van der Waals surface area contributed by atoms with Gasteiger partial charge in [0.1, 0.15) is 11.4 Å². The van der Waals surface area contributed by atoms with Crippen molar-refractivity contribution in [2.24, 2.45) is 0 Å². The zero-order chi connectivity index (χ0) is 36.6. The fraction of sp³-hybridized carbons (Fsp3) is 0. The molecule has 0 radical (unpaired) electrons. The molecule has 0 unspecified atom stereocenters. The van der Waals surface area contributed by atoms with E-state index in [2.05, 4.69) is 199 Å². The molecule has 55 heavy (non-hydrogen) atoms. The van der Waals surface area contributed by atoms with Crippen molar-refractivity contribution < 1.29 is 0 Å². The van der Waals surface area contributed by atoms with E-state index in [0.717, 1.165) is 61.5 Å². The van der Waals surface area contributed by atoms with Gasteiger partial charge in [0.05, 0.1) is 0 Å². The molecule has 258 valence electrons. The van der Waals surface area contributed by atoms with Gasteiger partial charge in [-0.05, 0) is 67.4 Å². The molecule has 0 bridgehead atoms. The monoisotopic (exact) mass is 719 g/mol. The summed E-state index contributed by atoms with van der Waals surface area (Å²) < 4.78 is 2.43. The van der Waals surface area contributed by atoms with Gasteiger partial charge in [-0.15, -0.1) is 21.5 Å². The van der Waals surface area contributed by atoms with Crippen LogP contribution < -0.4 is 0 Å². The highest BCUT2D eigenvalue weighted by Gasteiger charge is 2.27. The Balaban J connectivity index is 1.34. The average Bonchev–Trinajstić information content (AvgIpc) is 3.66. The van der Waals surface area contributed by atoms with Crippen molar-refractivity contribution in [1.29, 1.82) is 0 Å². The molecule has 0 aliphatic carbocycles. The van der Waals surface area contributed by atoms with Crippen LogP contribution in [0.1, 0.15) is 0 Å². The Morgan fingerprint density at radius 1 is 0.291 bits per heavy atom. The second kappa shape index (κ2) is 14.1. The van der Waals surface area contributed by atoms with Gasteiger partial charge in [-0.2, -0.15) is 0 Å². The third-order valence-electron chi connectivity index (χ3n) is 10.4. The minimum atomic E-state index is 0.791. The molecule has 0 saturated heterocycles. The normalized spacial score (nSPS) is 11.3. The Labute approximate surface area is 323 Å². The van der Waals surface area contributed by atoms with Crippen LogP contribution in [0.4, 0.5) is 0 Å². The van der Waals surface area contributed by atoms with E-state index in [9.17, 15) is 0 Å². The van der Waals surface area contributed by atoms with Crippen molar-refractivity contribution in [3.05, 3.63) is 200 Å². The summed E-state index contributed by atoms with van der Waals surface area (Å²) in [4.78, 5) is 0. The van der Waals surface area contributed by atoms with Crippen LogP contribution >= 0.6 is 11.3 Å². The lowest BCUT2D eigenvalue weighted by atomic mass is 9.83. The van der Waals surface area contributed by atoms with Crippen molar-refractivity contribution in [2.45, 2.75) is 0 Å². The first-order valence-electron chi connectivity index (χ1n) is 18.5. The highest BCUT2D eigenvalue weighted by atomic mass is 32.1. The summed E-state index contributed by atoms with van der Waals surface area (Å²) in [5.74, 6) is 0. The maximum atomic E-state index is 5.08. The first-order chi connectivity index (χ1) is 27.3. The summed E-state index contributed by atoms with van der Waals surface area (Å²) >= 11 is 1.81. The van der Waals surface area contributed by atoms with E-state index in [-0.39, 0.29) is 0 Å². The summed E-state index contributed by atoms with van der Waals surface area (Å²) in [6, 6.07) is 71.0. The summed E-state index contributed by atoms with van der Waals surface area (Å²) in [5.41, 5.74) is 14.8. The van der Waals surface area contributed by atoms with E-state index < -0.39 is 0 Å². The van der Waals surface area contributed by atoms with E-state index >= 15 is 0 Å². The van der Waals surface area contributed by atoms with Crippen LogP contribution in [0.2, 0.25) is 0 Å².